The Balaban J connectivity index is 2.05. The molecular formula is C10H21NO2S. The van der Waals surface area contributed by atoms with Crippen LogP contribution in [0.5, 0.6) is 0 Å². The van der Waals surface area contributed by atoms with E-state index >= 15 is 0 Å². The van der Waals surface area contributed by atoms with Gasteiger partial charge in [-0.2, -0.15) is 11.8 Å². The van der Waals surface area contributed by atoms with Gasteiger partial charge in [0.15, 0.2) is 0 Å². The zero-order chi connectivity index (χ0) is 10.4. The van der Waals surface area contributed by atoms with Crippen LogP contribution in [0.2, 0.25) is 0 Å². The number of rotatable bonds is 6. The Morgan fingerprint density at radius 1 is 1.57 bits per heavy atom. The summed E-state index contributed by atoms with van der Waals surface area (Å²) in [6.07, 6.45) is 1.11. The van der Waals surface area contributed by atoms with Crippen LogP contribution < -0.4 is 5.73 Å². The molecule has 4 heteroatoms. The van der Waals surface area contributed by atoms with Crippen molar-refractivity contribution in [3.63, 3.8) is 0 Å². The minimum absolute atomic E-state index is 0.258. The van der Waals surface area contributed by atoms with E-state index in [1.54, 1.807) is 0 Å². The zero-order valence-corrected chi connectivity index (χ0v) is 9.63. The maximum absolute atomic E-state index is 8.85. The van der Waals surface area contributed by atoms with Crippen LogP contribution in [0.1, 0.15) is 13.3 Å². The van der Waals surface area contributed by atoms with E-state index in [1.165, 1.54) is 0 Å². The first kappa shape index (κ1) is 12.3. The van der Waals surface area contributed by atoms with E-state index in [4.69, 9.17) is 15.6 Å². The predicted octanol–water partition coefficient (Wildman–Crippen LogP) is 0.712. The van der Waals surface area contributed by atoms with E-state index in [-0.39, 0.29) is 12.6 Å². The highest BCUT2D eigenvalue weighted by Gasteiger charge is 2.22. The topological polar surface area (TPSA) is 55.5 Å². The standard InChI is InChI=1S/C10H21NO2S/c1-8(4-12)6-14-7-10(11)9-2-3-13-5-9/h8-10,12H,2-7,11H2,1H3. The van der Waals surface area contributed by atoms with Crippen LogP contribution in [0.15, 0.2) is 0 Å². The molecule has 0 aliphatic carbocycles. The van der Waals surface area contributed by atoms with Crippen molar-refractivity contribution in [2.24, 2.45) is 17.6 Å². The van der Waals surface area contributed by atoms with Gasteiger partial charge in [0.2, 0.25) is 0 Å². The summed E-state index contributed by atoms with van der Waals surface area (Å²) in [6, 6.07) is 0.258. The molecule has 3 unspecified atom stereocenters. The summed E-state index contributed by atoms with van der Waals surface area (Å²) in [4.78, 5) is 0. The monoisotopic (exact) mass is 219 g/mol. The number of hydrogen-bond donors (Lipinski definition) is 2. The molecule has 1 aliphatic heterocycles. The van der Waals surface area contributed by atoms with E-state index in [2.05, 4.69) is 6.92 Å². The van der Waals surface area contributed by atoms with Crippen LogP contribution in [0, 0.1) is 11.8 Å². The van der Waals surface area contributed by atoms with Gasteiger partial charge >= 0.3 is 0 Å². The van der Waals surface area contributed by atoms with Gasteiger partial charge in [-0.1, -0.05) is 6.92 Å². The van der Waals surface area contributed by atoms with Crippen molar-refractivity contribution in [3.05, 3.63) is 0 Å². The molecule has 0 aromatic heterocycles. The van der Waals surface area contributed by atoms with Gasteiger partial charge in [0.05, 0.1) is 6.61 Å². The molecule has 0 bridgehead atoms. The maximum atomic E-state index is 8.85. The largest absolute Gasteiger partial charge is 0.396 e. The average molecular weight is 219 g/mol. The lowest BCUT2D eigenvalue weighted by atomic mass is 10.0. The molecule has 0 aromatic carbocycles. The lowest BCUT2D eigenvalue weighted by Crippen LogP contribution is -2.33. The molecular weight excluding hydrogens is 198 g/mol. The molecule has 14 heavy (non-hydrogen) atoms. The zero-order valence-electron chi connectivity index (χ0n) is 8.82. The number of ether oxygens (including phenoxy) is 1. The third-order valence-corrected chi connectivity index (χ3v) is 4.02. The van der Waals surface area contributed by atoms with E-state index in [0.717, 1.165) is 31.1 Å². The third-order valence-electron chi connectivity index (χ3n) is 2.59. The fourth-order valence-corrected chi connectivity index (χ4v) is 2.67. The molecule has 1 aliphatic rings. The number of aliphatic hydroxyl groups excluding tert-OH is 1. The summed E-state index contributed by atoms with van der Waals surface area (Å²) in [5.41, 5.74) is 6.04. The van der Waals surface area contributed by atoms with Crippen LogP contribution in [-0.2, 0) is 4.74 Å². The van der Waals surface area contributed by atoms with Crippen molar-refractivity contribution < 1.29 is 9.84 Å². The van der Waals surface area contributed by atoms with Crippen molar-refractivity contribution in [3.8, 4) is 0 Å². The SMILES string of the molecule is CC(CO)CSCC(N)C1CCOC1. The molecule has 0 spiro atoms. The molecule has 1 fully saturated rings. The summed E-state index contributed by atoms with van der Waals surface area (Å²) in [5, 5.41) is 8.85. The molecule has 0 amide bonds. The molecule has 1 heterocycles. The highest BCUT2D eigenvalue weighted by atomic mass is 32.2. The van der Waals surface area contributed by atoms with Crippen LogP contribution in [0.3, 0.4) is 0 Å². The van der Waals surface area contributed by atoms with E-state index in [1.807, 2.05) is 11.8 Å². The summed E-state index contributed by atoms with van der Waals surface area (Å²) in [6.45, 7) is 4.03. The van der Waals surface area contributed by atoms with Gasteiger partial charge in [-0.3, -0.25) is 0 Å². The van der Waals surface area contributed by atoms with E-state index in [9.17, 15) is 0 Å². The normalized spacial score (nSPS) is 26.4. The predicted molar refractivity (Wildman–Crippen MR) is 60.5 cm³/mol. The minimum Gasteiger partial charge on any atom is -0.396 e. The first-order chi connectivity index (χ1) is 6.74. The van der Waals surface area contributed by atoms with Crippen molar-refractivity contribution in [1.29, 1.82) is 0 Å². The minimum atomic E-state index is 0.258. The van der Waals surface area contributed by atoms with Gasteiger partial charge in [-0.15, -0.1) is 0 Å². The molecule has 84 valence electrons. The lowest BCUT2D eigenvalue weighted by Gasteiger charge is -2.17. The summed E-state index contributed by atoms with van der Waals surface area (Å²) in [7, 11) is 0. The Morgan fingerprint density at radius 2 is 2.36 bits per heavy atom. The van der Waals surface area contributed by atoms with Crippen molar-refractivity contribution in [1.82, 2.24) is 0 Å². The van der Waals surface area contributed by atoms with Gasteiger partial charge in [-0.05, 0) is 18.1 Å². The second-order valence-corrected chi connectivity index (χ2v) is 5.19. The Hall–Kier alpha value is 0.230. The third kappa shape index (κ3) is 4.17. The Kier molecular flexibility index (Phi) is 5.86. The smallest absolute Gasteiger partial charge is 0.0510 e. The summed E-state index contributed by atoms with van der Waals surface area (Å²) < 4.78 is 5.30. The highest BCUT2D eigenvalue weighted by Crippen LogP contribution is 2.19. The van der Waals surface area contributed by atoms with Gasteiger partial charge in [0.1, 0.15) is 0 Å². The molecule has 3 N–H and O–H groups in total. The molecule has 0 aromatic rings. The molecule has 0 radical (unpaired) electrons. The van der Waals surface area contributed by atoms with Crippen molar-refractivity contribution in [2.45, 2.75) is 19.4 Å². The second-order valence-electron chi connectivity index (χ2n) is 4.11. The number of thioether (sulfide) groups is 1. The van der Waals surface area contributed by atoms with Crippen LogP contribution in [0.25, 0.3) is 0 Å². The van der Waals surface area contributed by atoms with Crippen LogP contribution >= 0.6 is 11.8 Å². The number of aliphatic hydroxyl groups is 1. The Morgan fingerprint density at radius 3 is 2.93 bits per heavy atom. The summed E-state index contributed by atoms with van der Waals surface area (Å²) in [5.74, 6) is 2.91. The molecule has 3 atom stereocenters. The Labute approximate surface area is 90.4 Å². The molecule has 3 nitrogen and oxygen atoms in total. The van der Waals surface area contributed by atoms with E-state index < -0.39 is 0 Å². The molecule has 1 saturated heterocycles. The first-order valence-corrected chi connectivity index (χ1v) is 6.41. The van der Waals surface area contributed by atoms with Crippen LogP contribution in [0.4, 0.5) is 0 Å². The van der Waals surface area contributed by atoms with Gasteiger partial charge < -0.3 is 15.6 Å². The maximum Gasteiger partial charge on any atom is 0.0510 e. The first-order valence-electron chi connectivity index (χ1n) is 5.26. The summed E-state index contributed by atoms with van der Waals surface area (Å²) >= 11 is 1.84. The van der Waals surface area contributed by atoms with Gasteiger partial charge in [0.25, 0.3) is 0 Å². The van der Waals surface area contributed by atoms with Crippen molar-refractivity contribution in [2.75, 3.05) is 31.3 Å². The second kappa shape index (κ2) is 6.67. The van der Waals surface area contributed by atoms with E-state index in [0.29, 0.717) is 11.8 Å². The molecule has 1 rings (SSSR count). The van der Waals surface area contributed by atoms with Crippen molar-refractivity contribution >= 4 is 11.8 Å². The highest BCUT2D eigenvalue weighted by molar-refractivity contribution is 7.99. The fraction of sp³-hybridized carbons (Fsp3) is 1.00. The van der Waals surface area contributed by atoms with Gasteiger partial charge in [-0.25, -0.2) is 0 Å². The molecule has 0 saturated carbocycles. The quantitative estimate of drug-likeness (QED) is 0.691. The number of hydrogen-bond acceptors (Lipinski definition) is 4. The fourth-order valence-electron chi connectivity index (χ4n) is 1.48. The Bertz CT molecular complexity index is 151. The lowest BCUT2D eigenvalue weighted by molar-refractivity contribution is 0.182. The number of nitrogens with two attached hydrogens (primary N) is 1. The average Bonchev–Trinajstić information content (AvgIpc) is 2.70. The van der Waals surface area contributed by atoms with Gasteiger partial charge in [0, 0.05) is 30.9 Å². The van der Waals surface area contributed by atoms with Crippen LogP contribution in [-0.4, -0.2) is 42.5 Å².